The molecule has 0 unspecified atom stereocenters. The average molecular weight is 278 g/mol. The molecule has 0 atom stereocenters. The number of nitrogen functional groups attached to an aromatic ring is 1. The minimum Gasteiger partial charge on any atom is -0.478 e. The molecule has 0 aromatic carbocycles. The first-order valence-electron chi connectivity index (χ1n) is 5.23. The van der Waals surface area contributed by atoms with Gasteiger partial charge in [-0.15, -0.1) is 11.3 Å². The molecule has 98 valence electrons. The van der Waals surface area contributed by atoms with Crippen LogP contribution < -0.4 is 11.1 Å². The molecular weight excluding hydrogens is 268 g/mol. The van der Waals surface area contributed by atoms with Crippen LogP contribution in [0.4, 0.5) is 5.13 Å². The van der Waals surface area contributed by atoms with Crippen molar-refractivity contribution in [1.29, 1.82) is 0 Å². The van der Waals surface area contributed by atoms with E-state index in [0.717, 1.165) is 0 Å². The van der Waals surface area contributed by atoms with Gasteiger partial charge in [0.05, 0.1) is 17.8 Å². The standard InChI is InChI=1S/C11H10N4O3S/c12-11-15-8(5-19-11)9(16)14-4-7-3-6(10(17)18)1-2-13-7/h1-3,5H,4H2,(H2,12,15)(H,14,16)(H,17,18). The molecule has 7 nitrogen and oxygen atoms in total. The summed E-state index contributed by atoms with van der Waals surface area (Å²) in [4.78, 5) is 30.3. The number of rotatable bonds is 4. The highest BCUT2D eigenvalue weighted by molar-refractivity contribution is 7.13. The predicted octanol–water partition coefficient (Wildman–Crippen LogP) is 0.748. The topological polar surface area (TPSA) is 118 Å². The van der Waals surface area contributed by atoms with Gasteiger partial charge in [-0.05, 0) is 12.1 Å². The van der Waals surface area contributed by atoms with E-state index >= 15 is 0 Å². The Kier molecular flexibility index (Phi) is 3.71. The maximum atomic E-state index is 11.7. The molecule has 8 heteroatoms. The number of thiazole rings is 1. The second-order valence-electron chi connectivity index (χ2n) is 3.59. The summed E-state index contributed by atoms with van der Waals surface area (Å²) in [6.07, 6.45) is 1.38. The number of aromatic nitrogens is 2. The smallest absolute Gasteiger partial charge is 0.335 e. The monoisotopic (exact) mass is 278 g/mol. The number of carboxylic acids is 1. The van der Waals surface area contributed by atoms with Gasteiger partial charge in [0.25, 0.3) is 5.91 Å². The summed E-state index contributed by atoms with van der Waals surface area (Å²) in [7, 11) is 0. The van der Waals surface area contributed by atoms with Crippen molar-refractivity contribution < 1.29 is 14.7 Å². The van der Waals surface area contributed by atoms with Gasteiger partial charge in [-0.3, -0.25) is 9.78 Å². The molecule has 0 fully saturated rings. The van der Waals surface area contributed by atoms with Crippen molar-refractivity contribution in [2.75, 3.05) is 5.73 Å². The maximum absolute atomic E-state index is 11.7. The number of carbonyl (C=O) groups excluding carboxylic acids is 1. The van der Waals surface area contributed by atoms with Crippen LogP contribution in [0.15, 0.2) is 23.7 Å². The van der Waals surface area contributed by atoms with Gasteiger partial charge in [-0.2, -0.15) is 0 Å². The van der Waals surface area contributed by atoms with Crippen LogP contribution >= 0.6 is 11.3 Å². The van der Waals surface area contributed by atoms with Crippen LogP contribution in [0.5, 0.6) is 0 Å². The molecule has 0 saturated heterocycles. The van der Waals surface area contributed by atoms with Crippen molar-refractivity contribution in [3.63, 3.8) is 0 Å². The third-order valence-electron chi connectivity index (χ3n) is 2.25. The van der Waals surface area contributed by atoms with Gasteiger partial charge in [0.1, 0.15) is 5.69 Å². The Morgan fingerprint density at radius 2 is 2.26 bits per heavy atom. The summed E-state index contributed by atoms with van der Waals surface area (Å²) in [5, 5.41) is 13.3. The first-order chi connectivity index (χ1) is 9.06. The van der Waals surface area contributed by atoms with Gasteiger partial charge in [-0.1, -0.05) is 0 Å². The number of anilines is 1. The number of hydrogen-bond donors (Lipinski definition) is 3. The fourth-order valence-electron chi connectivity index (χ4n) is 1.36. The zero-order valence-electron chi connectivity index (χ0n) is 9.66. The van der Waals surface area contributed by atoms with Crippen molar-refractivity contribution in [3.8, 4) is 0 Å². The lowest BCUT2D eigenvalue weighted by atomic mass is 10.2. The highest BCUT2D eigenvalue weighted by Gasteiger charge is 2.10. The Balaban J connectivity index is 2.01. The third-order valence-corrected chi connectivity index (χ3v) is 2.92. The lowest BCUT2D eigenvalue weighted by molar-refractivity contribution is 0.0696. The van der Waals surface area contributed by atoms with Crippen LogP contribution in [0.25, 0.3) is 0 Å². The van der Waals surface area contributed by atoms with Crippen LogP contribution in [0.1, 0.15) is 26.5 Å². The molecule has 0 aliphatic rings. The molecule has 0 aliphatic heterocycles. The van der Waals surface area contributed by atoms with Gasteiger partial charge >= 0.3 is 5.97 Å². The van der Waals surface area contributed by atoms with E-state index in [2.05, 4.69) is 15.3 Å². The number of nitrogens with two attached hydrogens (primary N) is 1. The molecule has 19 heavy (non-hydrogen) atoms. The van der Waals surface area contributed by atoms with Crippen LogP contribution in [-0.2, 0) is 6.54 Å². The average Bonchev–Trinajstić information content (AvgIpc) is 2.83. The highest BCUT2D eigenvalue weighted by Crippen LogP contribution is 2.10. The quantitative estimate of drug-likeness (QED) is 0.759. The minimum absolute atomic E-state index is 0.122. The van der Waals surface area contributed by atoms with Gasteiger partial charge in [0.15, 0.2) is 5.13 Å². The second-order valence-corrected chi connectivity index (χ2v) is 4.48. The summed E-state index contributed by atoms with van der Waals surface area (Å²) in [6, 6.07) is 2.78. The summed E-state index contributed by atoms with van der Waals surface area (Å²) in [6.45, 7) is 0.122. The van der Waals surface area contributed by atoms with E-state index in [0.29, 0.717) is 10.8 Å². The number of pyridine rings is 1. The molecule has 0 radical (unpaired) electrons. The Hall–Kier alpha value is -2.48. The van der Waals surface area contributed by atoms with E-state index < -0.39 is 5.97 Å². The molecule has 0 saturated carbocycles. The van der Waals surface area contributed by atoms with Crippen molar-refractivity contribution in [1.82, 2.24) is 15.3 Å². The van der Waals surface area contributed by atoms with E-state index in [4.69, 9.17) is 10.8 Å². The van der Waals surface area contributed by atoms with Gasteiger partial charge in [0, 0.05) is 11.6 Å². The minimum atomic E-state index is -1.04. The first kappa shape index (κ1) is 13.0. The first-order valence-corrected chi connectivity index (χ1v) is 6.11. The van der Waals surface area contributed by atoms with Crippen LogP contribution in [0.2, 0.25) is 0 Å². The van der Waals surface area contributed by atoms with E-state index in [-0.39, 0.29) is 23.7 Å². The van der Waals surface area contributed by atoms with Crippen molar-refractivity contribution in [2.45, 2.75) is 6.54 Å². The predicted molar refractivity (Wildman–Crippen MR) is 68.9 cm³/mol. The molecule has 0 aliphatic carbocycles. The molecule has 2 aromatic rings. The summed E-state index contributed by atoms with van der Waals surface area (Å²) < 4.78 is 0. The lowest BCUT2D eigenvalue weighted by Gasteiger charge is -2.03. The largest absolute Gasteiger partial charge is 0.478 e. The zero-order chi connectivity index (χ0) is 13.8. The molecule has 0 bridgehead atoms. The Labute approximate surface area is 112 Å². The van der Waals surface area contributed by atoms with Gasteiger partial charge in [0.2, 0.25) is 0 Å². The maximum Gasteiger partial charge on any atom is 0.335 e. The number of nitrogens with one attached hydrogen (secondary N) is 1. The Morgan fingerprint density at radius 1 is 1.47 bits per heavy atom. The molecule has 2 rings (SSSR count). The Bertz CT molecular complexity index is 626. The van der Waals surface area contributed by atoms with E-state index in [1.165, 1.54) is 29.7 Å². The zero-order valence-corrected chi connectivity index (χ0v) is 10.5. The third kappa shape index (κ3) is 3.26. The molecule has 1 amide bonds. The van der Waals surface area contributed by atoms with E-state index in [1.807, 2.05) is 0 Å². The summed E-state index contributed by atoms with van der Waals surface area (Å²) in [5.74, 6) is -1.42. The van der Waals surface area contributed by atoms with Crippen LogP contribution in [0, 0.1) is 0 Å². The number of amides is 1. The van der Waals surface area contributed by atoms with E-state index in [9.17, 15) is 9.59 Å². The van der Waals surface area contributed by atoms with Crippen molar-refractivity contribution in [2.24, 2.45) is 0 Å². The number of hydrogen-bond acceptors (Lipinski definition) is 6. The van der Waals surface area contributed by atoms with Crippen LogP contribution in [-0.4, -0.2) is 27.0 Å². The highest BCUT2D eigenvalue weighted by atomic mass is 32.1. The van der Waals surface area contributed by atoms with Gasteiger partial charge in [-0.25, -0.2) is 9.78 Å². The number of carbonyl (C=O) groups is 2. The molecular formula is C11H10N4O3S. The Morgan fingerprint density at radius 3 is 2.89 bits per heavy atom. The van der Waals surface area contributed by atoms with Crippen molar-refractivity contribution >= 4 is 28.3 Å². The summed E-state index contributed by atoms with van der Waals surface area (Å²) >= 11 is 1.17. The SMILES string of the molecule is Nc1nc(C(=O)NCc2cc(C(=O)O)ccn2)cs1. The number of nitrogens with zero attached hydrogens (tertiary/aromatic N) is 2. The van der Waals surface area contributed by atoms with E-state index in [1.54, 1.807) is 5.38 Å². The fraction of sp³-hybridized carbons (Fsp3) is 0.0909. The lowest BCUT2D eigenvalue weighted by Crippen LogP contribution is -2.23. The molecule has 2 heterocycles. The molecule has 0 spiro atoms. The van der Waals surface area contributed by atoms with Crippen LogP contribution in [0.3, 0.4) is 0 Å². The molecule has 2 aromatic heterocycles. The summed E-state index contributed by atoms with van der Waals surface area (Å²) in [5.41, 5.74) is 6.24. The fourth-order valence-corrected chi connectivity index (χ4v) is 1.90. The normalized spacial score (nSPS) is 10.1. The number of carboxylic acid groups (broad SMARTS) is 1. The second kappa shape index (κ2) is 5.44. The van der Waals surface area contributed by atoms with Gasteiger partial charge < -0.3 is 16.2 Å². The number of aromatic carboxylic acids is 1. The van der Waals surface area contributed by atoms with Crippen molar-refractivity contribution in [3.05, 3.63) is 40.7 Å². The molecule has 4 N–H and O–H groups in total.